The van der Waals surface area contributed by atoms with Gasteiger partial charge in [-0.3, -0.25) is 0 Å². The van der Waals surface area contributed by atoms with E-state index in [0.717, 1.165) is 32.7 Å². The fourth-order valence-electron chi connectivity index (χ4n) is 1.37. The van der Waals surface area contributed by atoms with Crippen molar-refractivity contribution in [2.45, 2.75) is 12.5 Å². The van der Waals surface area contributed by atoms with E-state index in [1.165, 1.54) is 0 Å². The van der Waals surface area contributed by atoms with Crippen LogP contribution in [0.2, 0.25) is 0 Å². The molecule has 0 saturated carbocycles. The van der Waals surface area contributed by atoms with Crippen molar-refractivity contribution in [1.82, 2.24) is 4.90 Å². The Bertz CT molecular complexity index is 133. The first-order valence-corrected chi connectivity index (χ1v) is 4.91. The Labute approximate surface area is 80.0 Å². The van der Waals surface area contributed by atoms with Crippen LogP contribution in [0, 0.1) is 0 Å². The summed E-state index contributed by atoms with van der Waals surface area (Å²) >= 11 is 0. The van der Waals surface area contributed by atoms with E-state index in [2.05, 4.69) is 11.9 Å². The SMILES string of the molecule is CN1CCOC(COCCCN)C1. The molecule has 0 aromatic rings. The van der Waals surface area contributed by atoms with Gasteiger partial charge in [-0.1, -0.05) is 0 Å². The van der Waals surface area contributed by atoms with Gasteiger partial charge in [-0.2, -0.15) is 0 Å². The second-order valence-electron chi connectivity index (χ2n) is 3.47. The lowest BCUT2D eigenvalue weighted by molar-refractivity contribution is -0.0631. The van der Waals surface area contributed by atoms with Crippen molar-refractivity contribution in [1.29, 1.82) is 0 Å². The average Bonchev–Trinajstić information content (AvgIpc) is 2.13. The Balaban J connectivity index is 2.00. The highest BCUT2D eigenvalue weighted by Crippen LogP contribution is 2.03. The molecule has 1 heterocycles. The van der Waals surface area contributed by atoms with E-state index in [1.807, 2.05) is 0 Å². The van der Waals surface area contributed by atoms with Gasteiger partial charge in [-0.15, -0.1) is 0 Å². The predicted octanol–water partition coefficient (Wildman–Crippen LogP) is -0.318. The van der Waals surface area contributed by atoms with E-state index in [1.54, 1.807) is 0 Å². The summed E-state index contributed by atoms with van der Waals surface area (Å²) < 4.78 is 11.0. The minimum atomic E-state index is 0.247. The second-order valence-corrected chi connectivity index (χ2v) is 3.47. The third-order valence-corrected chi connectivity index (χ3v) is 2.14. The van der Waals surface area contributed by atoms with Crippen LogP contribution >= 0.6 is 0 Å². The van der Waals surface area contributed by atoms with E-state index in [9.17, 15) is 0 Å². The summed E-state index contributed by atoms with van der Waals surface area (Å²) in [5, 5.41) is 0. The Kier molecular flexibility index (Phi) is 5.31. The molecule has 1 aliphatic heterocycles. The van der Waals surface area contributed by atoms with Crippen LogP contribution in [0.15, 0.2) is 0 Å². The molecule has 1 aliphatic rings. The molecule has 13 heavy (non-hydrogen) atoms. The molecule has 1 unspecified atom stereocenters. The third kappa shape index (κ3) is 4.57. The molecule has 4 heteroatoms. The van der Waals surface area contributed by atoms with Crippen LogP contribution in [-0.4, -0.2) is 57.5 Å². The van der Waals surface area contributed by atoms with Crippen molar-refractivity contribution < 1.29 is 9.47 Å². The first kappa shape index (κ1) is 10.9. The van der Waals surface area contributed by atoms with Gasteiger partial charge in [0.05, 0.1) is 19.3 Å². The first-order chi connectivity index (χ1) is 6.33. The monoisotopic (exact) mass is 188 g/mol. The lowest BCUT2D eigenvalue weighted by atomic mass is 10.3. The van der Waals surface area contributed by atoms with Gasteiger partial charge in [-0.05, 0) is 20.0 Å². The van der Waals surface area contributed by atoms with E-state index in [4.69, 9.17) is 15.2 Å². The molecule has 78 valence electrons. The van der Waals surface area contributed by atoms with Gasteiger partial charge in [0.1, 0.15) is 0 Å². The molecule has 0 aromatic carbocycles. The molecular weight excluding hydrogens is 168 g/mol. The lowest BCUT2D eigenvalue weighted by Crippen LogP contribution is -2.42. The number of nitrogens with zero attached hydrogens (tertiary/aromatic N) is 1. The molecule has 1 fully saturated rings. The molecule has 0 radical (unpaired) electrons. The minimum Gasteiger partial charge on any atom is -0.379 e. The molecule has 1 atom stereocenters. The van der Waals surface area contributed by atoms with Crippen molar-refractivity contribution in [2.75, 3.05) is 46.5 Å². The van der Waals surface area contributed by atoms with Gasteiger partial charge >= 0.3 is 0 Å². The van der Waals surface area contributed by atoms with E-state index in [-0.39, 0.29) is 6.10 Å². The van der Waals surface area contributed by atoms with Crippen LogP contribution < -0.4 is 5.73 Å². The summed E-state index contributed by atoms with van der Waals surface area (Å²) in [6.45, 7) is 4.97. The van der Waals surface area contributed by atoms with Crippen molar-refractivity contribution in [3.63, 3.8) is 0 Å². The highest BCUT2D eigenvalue weighted by molar-refractivity contribution is 4.67. The number of likely N-dealkylation sites (N-methyl/N-ethyl adjacent to an activating group) is 1. The normalized spacial score (nSPS) is 24.9. The Morgan fingerprint density at radius 3 is 3.15 bits per heavy atom. The van der Waals surface area contributed by atoms with Gasteiger partial charge in [0.2, 0.25) is 0 Å². The van der Waals surface area contributed by atoms with Crippen LogP contribution in [0.1, 0.15) is 6.42 Å². The number of nitrogens with two attached hydrogens (primary N) is 1. The Hall–Kier alpha value is -0.160. The van der Waals surface area contributed by atoms with Crippen molar-refractivity contribution in [2.24, 2.45) is 5.73 Å². The summed E-state index contributed by atoms with van der Waals surface area (Å²) in [5.74, 6) is 0. The molecule has 1 rings (SSSR count). The number of ether oxygens (including phenoxy) is 2. The standard InChI is InChI=1S/C9H20N2O2/c1-11-4-6-13-9(7-11)8-12-5-2-3-10/h9H,2-8,10H2,1H3. The molecule has 0 bridgehead atoms. The summed E-state index contributed by atoms with van der Waals surface area (Å²) in [7, 11) is 2.11. The molecule has 2 N–H and O–H groups in total. The zero-order valence-electron chi connectivity index (χ0n) is 8.37. The lowest BCUT2D eigenvalue weighted by Gasteiger charge is -2.29. The maximum absolute atomic E-state index is 5.53. The summed E-state index contributed by atoms with van der Waals surface area (Å²) in [6.07, 6.45) is 1.18. The smallest absolute Gasteiger partial charge is 0.0935 e. The van der Waals surface area contributed by atoms with Gasteiger partial charge in [0.25, 0.3) is 0 Å². The van der Waals surface area contributed by atoms with E-state index in [0.29, 0.717) is 13.2 Å². The van der Waals surface area contributed by atoms with Crippen LogP contribution in [0.3, 0.4) is 0 Å². The van der Waals surface area contributed by atoms with E-state index >= 15 is 0 Å². The Morgan fingerprint density at radius 2 is 2.46 bits per heavy atom. The minimum absolute atomic E-state index is 0.247. The average molecular weight is 188 g/mol. The van der Waals surface area contributed by atoms with Crippen LogP contribution in [-0.2, 0) is 9.47 Å². The zero-order valence-corrected chi connectivity index (χ0v) is 8.37. The van der Waals surface area contributed by atoms with Gasteiger partial charge in [0, 0.05) is 19.7 Å². The highest BCUT2D eigenvalue weighted by Gasteiger charge is 2.17. The zero-order chi connectivity index (χ0) is 9.52. The fourth-order valence-corrected chi connectivity index (χ4v) is 1.37. The maximum Gasteiger partial charge on any atom is 0.0935 e. The van der Waals surface area contributed by atoms with Gasteiger partial charge in [-0.25, -0.2) is 0 Å². The summed E-state index contributed by atoms with van der Waals surface area (Å²) in [5.41, 5.74) is 5.35. The molecule has 0 aliphatic carbocycles. The van der Waals surface area contributed by atoms with Crippen molar-refractivity contribution >= 4 is 0 Å². The quantitative estimate of drug-likeness (QED) is 0.601. The number of hydrogen-bond acceptors (Lipinski definition) is 4. The Morgan fingerprint density at radius 1 is 1.62 bits per heavy atom. The molecule has 0 amide bonds. The second kappa shape index (κ2) is 6.32. The molecule has 0 spiro atoms. The van der Waals surface area contributed by atoms with Crippen molar-refractivity contribution in [3.05, 3.63) is 0 Å². The molecule has 1 saturated heterocycles. The topological polar surface area (TPSA) is 47.7 Å². The van der Waals surface area contributed by atoms with Crippen LogP contribution in [0.5, 0.6) is 0 Å². The van der Waals surface area contributed by atoms with Gasteiger partial charge < -0.3 is 20.1 Å². The first-order valence-electron chi connectivity index (χ1n) is 4.91. The predicted molar refractivity (Wildman–Crippen MR) is 51.7 cm³/mol. The van der Waals surface area contributed by atoms with Gasteiger partial charge in [0.15, 0.2) is 0 Å². The molecular formula is C9H20N2O2. The number of morpholine rings is 1. The maximum atomic E-state index is 5.53. The molecule has 0 aromatic heterocycles. The number of hydrogen-bond donors (Lipinski definition) is 1. The fraction of sp³-hybridized carbons (Fsp3) is 1.00. The van der Waals surface area contributed by atoms with E-state index < -0.39 is 0 Å². The number of rotatable bonds is 5. The summed E-state index contributed by atoms with van der Waals surface area (Å²) in [4.78, 5) is 2.26. The van der Waals surface area contributed by atoms with Crippen LogP contribution in [0.4, 0.5) is 0 Å². The van der Waals surface area contributed by atoms with Crippen LogP contribution in [0.25, 0.3) is 0 Å². The third-order valence-electron chi connectivity index (χ3n) is 2.14. The molecule has 4 nitrogen and oxygen atoms in total. The highest BCUT2D eigenvalue weighted by atomic mass is 16.5. The largest absolute Gasteiger partial charge is 0.379 e. The van der Waals surface area contributed by atoms with Crippen molar-refractivity contribution in [3.8, 4) is 0 Å². The summed E-state index contributed by atoms with van der Waals surface area (Å²) in [6, 6.07) is 0.